The maximum absolute atomic E-state index is 4.96. The van der Waals surface area contributed by atoms with Crippen molar-refractivity contribution in [2.75, 3.05) is 0 Å². The molecule has 0 heterocycles. The first-order chi connectivity index (χ1) is 13.8. The Balaban J connectivity index is 0.00000109. The molecular weight excluding hydrogens is 574 g/mol. The third-order valence-corrected chi connectivity index (χ3v) is 14.7. The number of halogens is 2. The van der Waals surface area contributed by atoms with Gasteiger partial charge in [0.1, 0.15) is 0 Å². The van der Waals surface area contributed by atoms with Crippen molar-refractivity contribution in [3.05, 3.63) is 131 Å². The van der Waals surface area contributed by atoms with Crippen molar-refractivity contribution in [1.29, 1.82) is 0 Å². The van der Waals surface area contributed by atoms with Crippen molar-refractivity contribution in [1.82, 2.24) is 0 Å². The van der Waals surface area contributed by atoms with Crippen LogP contribution < -0.4 is 24.8 Å². The fourth-order valence-electron chi connectivity index (χ4n) is 5.21. The molecule has 30 heavy (non-hydrogen) atoms. The summed E-state index contributed by atoms with van der Waals surface area (Å²) >= 11 is -2.56. The van der Waals surface area contributed by atoms with Crippen LogP contribution in [0.3, 0.4) is 0 Å². The molecule has 2 atom stereocenters. The molecule has 0 saturated carbocycles. The van der Waals surface area contributed by atoms with Gasteiger partial charge in [-0.1, -0.05) is 0 Å². The van der Waals surface area contributed by atoms with E-state index in [4.69, 9.17) is 4.26 Å². The quantitative estimate of drug-likeness (QED) is 0.440. The van der Waals surface area contributed by atoms with Crippen LogP contribution in [0.5, 0.6) is 0 Å². The number of hydrogen-bond acceptors (Lipinski definition) is 0. The van der Waals surface area contributed by atoms with E-state index in [2.05, 4.69) is 97.1 Å². The van der Waals surface area contributed by atoms with E-state index in [9.17, 15) is 0 Å². The minimum absolute atomic E-state index is 0. The number of rotatable bonds is 2. The summed E-state index contributed by atoms with van der Waals surface area (Å²) in [5, 5.41) is 0. The van der Waals surface area contributed by atoms with E-state index in [1.165, 1.54) is 33.4 Å². The molecule has 6 rings (SSSR count). The molecule has 2 unspecified atom stereocenters. The summed E-state index contributed by atoms with van der Waals surface area (Å²) in [4.78, 5) is 0. The molecule has 0 amide bonds. The van der Waals surface area contributed by atoms with Gasteiger partial charge in [0.15, 0.2) is 0 Å². The van der Waals surface area contributed by atoms with E-state index >= 15 is 0 Å². The molecule has 2 aromatic rings. The van der Waals surface area contributed by atoms with Crippen LogP contribution in [0.1, 0.15) is 34.1 Å². The molecule has 0 aromatic heterocycles. The van der Waals surface area contributed by atoms with E-state index in [1.54, 1.807) is 6.66 Å². The van der Waals surface area contributed by atoms with Crippen molar-refractivity contribution in [3.8, 4) is 0 Å². The fraction of sp³-hybridized carbons (Fsp3) is 0.0741. The van der Waals surface area contributed by atoms with Crippen molar-refractivity contribution in [2.45, 2.75) is 11.8 Å². The predicted octanol–water partition coefficient (Wildman–Crippen LogP) is 0.314. The van der Waals surface area contributed by atoms with Crippen molar-refractivity contribution in [3.63, 3.8) is 0 Å². The zero-order valence-electron chi connectivity index (χ0n) is 16.4. The molecule has 0 nitrogen and oxygen atoms in total. The molecule has 2 aromatic carbocycles. The summed E-state index contributed by atoms with van der Waals surface area (Å²) in [6, 6.07) is 18.0. The first-order valence-electron chi connectivity index (χ1n) is 9.91. The van der Waals surface area contributed by atoms with Crippen molar-refractivity contribution < 1.29 is 45.8 Å². The summed E-state index contributed by atoms with van der Waals surface area (Å²) < 4.78 is 8.17. The SMILES string of the molecule is [CH2]=[Hf+2]([C]1=C2C=CC=CC2c2ccccc21)[C]1=C2C=CC=CC2c2ccccc21.[Cl-].[Cl-]. The molecule has 4 aliphatic rings. The minimum Gasteiger partial charge on any atom is -1.00 e. The minimum atomic E-state index is -2.56. The fourth-order valence-corrected chi connectivity index (χ4v) is 14.3. The summed E-state index contributed by atoms with van der Waals surface area (Å²) in [6.07, 6.45) is 18.2. The average molecular weight is 594 g/mol. The number of benzene rings is 2. The standard InChI is InChI=1S/2C13H9.CH2.2ClH.Hf/c2*1-3-7-12-10(5-1)9-11-6-2-4-8-13(11)12;;;;/h2*1-8,12H;1H2;2*1H;/q;;;;;+2/p-2. The van der Waals surface area contributed by atoms with E-state index < -0.39 is 21.0 Å². The van der Waals surface area contributed by atoms with Gasteiger partial charge in [-0.05, 0) is 0 Å². The van der Waals surface area contributed by atoms with Gasteiger partial charge < -0.3 is 24.8 Å². The molecule has 0 fully saturated rings. The third-order valence-electron chi connectivity index (χ3n) is 6.36. The van der Waals surface area contributed by atoms with Crippen molar-refractivity contribution in [2.24, 2.45) is 0 Å². The topological polar surface area (TPSA) is 0 Å². The van der Waals surface area contributed by atoms with Gasteiger partial charge in [0.2, 0.25) is 0 Å². The first kappa shape index (κ1) is 21.4. The van der Waals surface area contributed by atoms with Gasteiger partial charge in [0, 0.05) is 0 Å². The normalized spacial score (nSPS) is 21.2. The predicted molar refractivity (Wildman–Crippen MR) is 116 cm³/mol. The Morgan fingerprint density at radius 1 is 0.600 bits per heavy atom. The molecule has 3 heteroatoms. The van der Waals surface area contributed by atoms with Gasteiger partial charge in [-0.25, -0.2) is 0 Å². The third kappa shape index (κ3) is 3.02. The second-order valence-corrected chi connectivity index (χ2v) is 14.8. The van der Waals surface area contributed by atoms with Crippen LogP contribution in [-0.4, -0.2) is 4.26 Å². The smallest absolute Gasteiger partial charge is 1.00 e. The molecule has 0 N–H and O–H groups in total. The van der Waals surface area contributed by atoms with E-state index in [0.717, 1.165) is 0 Å². The van der Waals surface area contributed by atoms with Crippen LogP contribution in [0.4, 0.5) is 0 Å². The number of fused-ring (bicyclic) bond motifs is 6. The van der Waals surface area contributed by atoms with Gasteiger partial charge in [-0.15, -0.1) is 0 Å². The van der Waals surface area contributed by atoms with Gasteiger partial charge in [-0.3, -0.25) is 0 Å². The Kier molecular flexibility index (Phi) is 5.99. The van der Waals surface area contributed by atoms with E-state index in [-0.39, 0.29) is 24.8 Å². The molecule has 0 aliphatic heterocycles. The van der Waals surface area contributed by atoms with Gasteiger partial charge >= 0.3 is 174 Å². The summed E-state index contributed by atoms with van der Waals surface area (Å²) in [7, 11) is 0. The Hall–Kier alpha value is -1.80. The first-order valence-corrected chi connectivity index (χ1v) is 16.0. The van der Waals surface area contributed by atoms with Crippen LogP contribution in [0.25, 0.3) is 6.66 Å². The Labute approximate surface area is 197 Å². The molecular formula is C27H20Cl2Hf. The van der Waals surface area contributed by atoms with Crippen LogP contribution in [0.2, 0.25) is 0 Å². The monoisotopic (exact) mass is 594 g/mol. The molecule has 0 spiro atoms. The summed E-state index contributed by atoms with van der Waals surface area (Å²) in [5.41, 5.74) is 8.86. The van der Waals surface area contributed by atoms with E-state index in [1.807, 2.05) is 0 Å². The van der Waals surface area contributed by atoms with Crippen LogP contribution in [-0.2, 0) is 21.0 Å². The Morgan fingerprint density at radius 2 is 1.03 bits per heavy atom. The molecule has 146 valence electrons. The maximum Gasteiger partial charge on any atom is -1.00 e. The Bertz CT molecular complexity index is 1140. The second kappa shape index (κ2) is 8.38. The second-order valence-electron chi connectivity index (χ2n) is 7.76. The molecule has 0 bridgehead atoms. The maximum atomic E-state index is 4.96. The van der Waals surface area contributed by atoms with Gasteiger partial charge in [-0.2, -0.15) is 0 Å². The summed E-state index contributed by atoms with van der Waals surface area (Å²) in [6.45, 7) is 0. The molecule has 0 saturated heterocycles. The van der Waals surface area contributed by atoms with Crippen molar-refractivity contribution >= 4 is 10.9 Å². The van der Waals surface area contributed by atoms with Gasteiger partial charge in [0.05, 0.1) is 0 Å². The summed E-state index contributed by atoms with van der Waals surface area (Å²) in [5.74, 6) is 0.829. The number of hydrogen-bond donors (Lipinski definition) is 0. The number of allylic oxidation sites excluding steroid dienone is 10. The van der Waals surface area contributed by atoms with Crippen LogP contribution >= 0.6 is 0 Å². The molecule has 0 radical (unpaired) electrons. The Morgan fingerprint density at radius 3 is 1.50 bits per heavy atom. The largest absolute Gasteiger partial charge is 1.00 e. The van der Waals surface area contributed by atoms with Gasteiger partial charge in [0.25, 0.3) is 0 Å². The zero-order chi connectivity index (χ0) is 18.7. The molecule has 4 aliphatic carbocycles. The van der Waals surface area contributed by atoms with E-state index in [0.29, 0.717) is 11.8 Å². The zero-order valence-corrected chi connectivity index (χ0v) is 21.5. The average Bonchev–Trinajstić information content (AvgIpc) is 3.27. The van der Waals surface area contributed by atoms with Crippen LogP contribution in [0, 0.1) is 0 Å². The van der Waals surface area contributed by atoms with Crippen LogP contribution in [0.15, 0.2) is 108 Å².